The highest BCUT2D eigenvalue weighted by Crippen LogP contribution is 2.19. The topological polar surface area (TPSA) is 83.1 Å². The van der Waals surface area contributed by atoms with Crippen LogP contribution in [0, 0.1) is 6.92 Å². The molecule has 0 atom stereocenters. The molecule has 0 aliphatic rings. The third-order valence-electron chi connectivity index (χ3n) is 3.76. The number of hydrogen-bond donors (Lipinski definition) is 3. The minimum Gasteiger partial charge on any atom is -0.326 e. The fraction of sp³-hybridized carbons (Fsp3) is 0.150. The summed E-state index contributed by atoms with van der Waals surface area (Å²) in [7, 11) is 0. The highest BCUT2D eigenvalue weighted by molar-refractivity contribution is 7.13. The Bertz CT molecular complexity index is 990. The Hall–Kier alpha value is -2.90. The molecule has 0 aliphatic carbocycles. The number of halogens is 1. The number of carbonyl (C=O) groups is 2. The van der Waals surface area contributed by atoms with E-state index < -0.39 is 6.03 Å². The van der Waals surface area contributed by atoms with Gasteiger partial charge in [-0.15, -0.1) is 11.3 Å². The first kappa shape index (κ1) is 19.9. The summed E-state index contributed by atoms with van der Waals surface area (Å²) in [5.74, 6) is -0.0770. The van der Waals surface area contributed by atoms with Gasteiger partial charge in [0, 0.05) is 28.2 Å². The van der Waals surface area contributed by atoms with Crippen LogP contribution < -0.4 is 16.0 Å². The maximum atomic E-state index is 12.1. The number of thiazole rings is 1. The van der Waals surface area contributed by atoms with Crippen molar-refractivity contribution in [2.24, 2.45) is 0 Å². The standard InChI is InChI=1S/C20H19ClN4O2S/c1-13-4-2-6-15(10-13)22-18(26)9-8-17-12-28-20(24-17)25-19(27)23-16-7-3-5-14(21)11-16/h2-7,10-12H,8-9H2,1H3,(H,22,26)(H2,23,24,25,27). The lowest BCUT2D eigenvalue weighted by Gasteiger charge is -2.06. The summed E-state index contributed by atoms with van der Waals surface area (Å²) in [6.45, 7) is 1.97. The molecule has 0 saturated carbocycles. The zero-order valence-electron chi connectivity index (χ0n) is 15.2. The molecule has 0 unspecified atom stereocenters. The first-order valence-corrected chi connectivity index (χ1v) is 9.88. The largest absolute Gasteiger partial charge is 0.326 e. The molecule has 0 bridgehead atoms. The number of anilines is 3. The van der Waals surface area contributed by atoms with E-state index in [-0.39, 0.29) is 5.91 Å². The lowest BCUT2D eigenvalue weighted by molar-refractivity contribution is -0.116. The number of aromatic nitrogens is 1. The number of hydrogen-bond acceptors (Lipinski definition) is 4. The van der Waals surface area contributed by atoms with Crippen LogP contribution in [0.1, 0.15) is 17.7 Å². The van der Waals surface area contributed by atoms with E-state index in [1.54, 1.807) is 24.3 Å². The van der Waals surface area contributed by atoms with Crippen molar-refractivity contribution in [3.63, 3.8) is 0 Å². The highest BCUT2D eigenvalue weighted by atomic mass is 35.5. The maximum absolute atomic E-state index is 12.1. The van der Waals surface area contributed by atoms with Gasteiger partial charge in [-0.3, -0.25) is 10.1 Å². The van der Waals surface area contributed by atoms with Crippen LogP contribution in [0.3, 0.4) is 0 Å². The first-order chi connectivity index (χ1) is 13.5. The zero-order valence-corrected chi connectivity index (χ0v) is 16.7. The molecule has 2 aromatic carbocycles. The van der Waals surface area contributed by atoms with Gasteiger partial charge in [0.25, 0.3) is 0 Å². The summed E-state index contributed by atoms with van der Waals surface area (Å²) in [6, 6.07) is 14.1. The molecule has 6 nitrogen and oxygen atoms in total. The second-order valence-electron chi connectivity index (χ2n) is 6.15. The van der Waals surface area contributed by atoms with Gasteiger partial charge in [0.2, 0.25) is 5.91 Å². The van der Waals surface area contributed by atoms with E-state index >= 15 is 0 Å². The number of carbonyl (C=O) groups excluding carboxylic acids is 2. The minimum atomic E-state index is -0.402. The van der Waals surface area contributed by atoms with Crippen molar-refractivity contribution >= 4 is 51.4 Å². The second kappa shape index (κ2) is 9.34. The van der Waals surface area contributed by atoms with Gasteiger partial charge in [-0.2, -0.15) is 0 Å². The van der Waals surface area contributed by atoms with Crippen LogP contribution in [0.5, 0.6) is 0 Å². The van der Waals surface area contributed by atoms with Gasteiger partial charge in [-0.1, -0.05) is 29.8 Å². The van der Waals surface area contributed by atoms with Crippen LogP contribution >= 0.6 is 22.9 Å². The molecule has 0 fully saturated rings. The Morgan fingerprint density at radius 3 is 2.54 bits per heavy atom. The molecule has 0 aliphatic heterocycles. The molecule has 3 aromatic rings. The molecule has 3 N–H and O–H groups in total. The van der Waals surface area contributed by atoms with Crippen LogP contribution in [0.4, 0.5) is 21.3 Å². The highest BCUT2D eigenvalue weighted by Gasteiger charge is 2.09. The summed E-state index contributed by atoms with van der Waals surface area (Å²) < 4.78 is 0. The fourth-order valence-electron chi connectivity index (χ4n) is 2.49. The van der Waals surface area contributed by atoms with E-state index in [9.17, 15) is 9.59 Å². The molecular formula is C20H19ClN4O2S. The number of benzene rings is 2. The second-order valence-corrected chi connectivity index (χ2v) is 7.45. The fourth-order valence-corrected chi connectivity index (χ4v) is 3.42. The van der Waals surface area contributed by atoms with Crippen LogP contribution in [-0.4, -0.2) is 16.9 Å². The van der Waals surface area contributed by atoms with Gasteiger partial charge in [0.1, 0.15) is 0 Å². The third-order valence-corrected chi connectivity index (χ3v) is 4.81. The molecule has 3 amide bonds. The van der Waals surface area contributed by atoms with Gasteiger partial charge >= 0.3 is 6.03 Å². The molecule has 0 radical (unpaired) electrons. The van der Waals surface area contributed by atoms with Gasteiger partial charge < -0.3 is 10.6 Å². The number of rotatable bonds is 6. The smallest absolute Gasteiger partial charge is 0.325 e. The number of aryl methyl sites for hydroxylation is 2. The Balaban J connectivity index is 1.47. The summed E-state index contributed by atoms with van der Waals surface area (Å²) in [6.07, 6.45) is 0.803. The van der Waals surface area contributed by atoms with Crippen LogP contribution in [-0.2, 0) is 11.2 Å². The van der Waals surface area contributed by atoms with Crippen molar-refractivity contribution < 1.29 is 9.59 Å². The number of nitrogens with zero attached hydrogens (tertiary/aromatic N) is 1. The van der Waals surface area contributed by atoms with Crippen molar-refractivity contribution in [2.45, 2.75) is 19.8 Å². The Labute approximate surface area is 172 Å². The summed E-state index contributed by atoms with van der Waals surface area (Å²) >= 11 is 7.20. The summed E-state index contributed by atoms with van der Waals surface area (Å²) in [5.41, 5.74) is 3.21. The molecule has 0 spiro atoms. The zero-order chi connectivity index (χ0) is 19.9. The molecule has 1 aromatic heterocycles. The van der Waals surface area contributed by atoms with E-state index in [2.05, 4.69) is 20.9 Å². The average Bonchev–Trinajstić information content (AvgIpc) is 3.07. The number of urea groups is 1. The van der Waals surface area contributed by atoms with Crippen molar-refractivity contribution in [1.82, 2.24) is 4.98 Å². The van der Waals surface area contributed by atoms with Crippen molar-refractivity contribution in [3.05, 3.63) is 70.2 Å². The van der Waals surface area contributed by atoms with Crippen molar-refractivity contribution in [2.75, 3.05) is 16.0 Å². The molecule has 8 heteroatoms. The quantitative estimate of drug-likeness (QED) is 0.510. The van der Waals surface area contributed by atoms with Crippen LogP contribution in [0.2, 0.25) is 5.02 Å². The van der Waals surface area contributed by atoms with E-state index in [1.165, 1.54) is 11.3 Å². The lowest BCUT2D eigenvalue weighted by atomic mass is 10.2. The predicted octanol–water partition coefficient (Wildman–Crippen LogP) is 5.32. The van der Waals surface area contributed by atoms with Crippen molar-refractivity contribution in [3.8, 4) is 0 Å². The molecule has 3 rings (SSSR count). The predicted molar refractivity (Wildman–Crippen MR) is 114 cm³/mol. The minimum absolute atomic E-state index is 0.0770. The molecule has 0 saturated heterocycles. The SMILES string of the molecule is Cc1cccc(NC(=O)CCc2csc(NC(=O)Nc3cccc(Cl)c3)n2)c1. The first-order valence-electron chi connectivity index (χ1n) is 8.62. The Morgan fingerprint density at radius 2 is 1.79 bits per heavy atom. The van der Waals surface area contributed by atoms with Gasteiger partial charge in [0.05, 0.1) is 5.69 Å². The molecular weight excluding hydrogens is 396 g/mol. The lowest BCUT2D eigenvalue weighted by Crippen LogP contribution is -2.19. The van der Waals surface area contributed by atoms with Gasteiger partial charge in [-0.05, 0) is 49.2 Å². The third kappa shape index (κ3) is 6.07. The maximum Gasteiger partial charge on any atom is 0.325 e. The molecule has 144 valence electrons. The van der Waals surface area contributed by atoms with Gasteiger partial charge in [0.15, 0.2) is 5.13 Å². The summed E-state index contributed by atoms with van der Waals surface area (Å²) in [5, 5.41) is 11.1. The molecule has 1 heterocycles. The normalized spacial score (nSPS) is 10.4. The van der Waals surface area contributed by atoms with E-state index in [0.29, 0.717) is 28.7 Å². The van der Waals surface area contributed by atoms with Crippen molar-refractivity contribution in [1.29, 1.82) is 0 Å². The number of nitrogens with one attached hydrogen (secondary N) is 3. The summed E-state index contributed by atoms with van der Waals surface area (Å²) in [4.78, 5) is 28.5. The Morgan fingerprint density at radius 1 is 1.04 bits per heavy atom. The van der Waals surface area contributed by atoms with Crippen LogP contribution in [0.25, 0.3) is 0 Å². The average molecular weight is 415 g/mol. The van der Waals surface area contributed by atoms with E-state index in [1.807, 2.05) is 36.6 Å². The molecule has 28 heavy (non-hydrogen) atoms. The monoisotopic (exact) mass is 414 g/mol. The van der Waals surface area contributed by atoms with Crippen LogP contribution in [0.15, 0.2) is 53.9 Å². The Kier molecular flexibility index (Phi) is 6.62. The van der Waals surface area contributed by atoms with E-state index in [0.717, 1.165) is 16.9 Å². The van der Waals surface area contributed by atoms with Gasteiger partial charge in [-0.25, -0.2) is 9.78 Å². The van der Waals surface area contributed by atoms with E-state index in [4.69, 9.17) is 11.6 Å². The number of amides is 3.